The molecule has 0 saturated carbocycles. The number of methoxy groups -OCH3 is 2. The molecule has 0 spiro atoms. The molecule has 0 radical (unpaired) electrons. The first-order valence-electron chi connectivity index (χ1n) is 9.74. The summed E-state index contributed by atoms with van der Waals surface area (Å²) in [5.41, 5.74) is 1.88. The van der Waals surface area contributed by atoms with Crippen LogP contribution in [0.2, 0.25) is 0 Å². The number of anilines is 1. The molecule has 1 fully saturated rings. The smallest absolute Gasteiger partial charge is 0.337 e. The van der Waals surface area contributed by atoms with E-state index in [0.717, 1.165) is 31.7 Å². The summed E-state index contributed by atoms with van der Waals surface area (Å²) in [6.07, 6.45) is 0. The van der Waals surface area contributed by atoms with E-state index in [0.29, 0.717) is 23.5 Å². The van der Waals surface area contributed by atoms with Gasteiger partial charge in [0.25, 0.3) is 0 Å². The van der Waals surface area contributed by atoms with Gasteiger partial charge in [-0.2, -0.15) is 0 Å². The van der Waals surface area contributed by atoms with E-state index >= 15 is 0 Å². The van der Waals surface area contributed by atoms with Gasteiger partial charge in [0.15, 0.2) is 0 Å². The third-order valence-corrected chi connectivity index (χ3v) is 5.06. The van der Waals surface area contributed by atoms with Crippen molar-refractivity contribution in [2.24, 2.45) is 0 Å². The molecule has 3 rings (SSSR count). The zero-order chi connectivity index (χ0) is 21.5. The van der Waals surface area contributed by atoms with E-state index in [-0.39, 0.29) is 18.3 Å². The monoisotopic (exact) mass is 415 g/mol. The topological polar surface area (TPSA) is 71.1 Å². The summed E-state index contributed by atoms with van der Waals surface area (Å²) in [6.45, 7) is 3.93. The Morgan fingerprint density at radius 1 is 1.00 bits per heavy atom. The second-order valence-corrected chi connectivity index (χ2v) is 7.13. The first-order chi connectivity index (χ1) is 14.5. The summed E-state index contributed by atoms with van der Waals surface area (Å²) >= 11 is 0. The summed E-state index contributed by atoms with van der Waals surface area (Å²) in [7, 11) is 2.91. The Balaban J connectivity index is 1.46. The quantitative estimate of drug-likeness (QED) is 0.701. The largest absolute Gasteiger partial charge is 0.496 e. The highest BCUT2D eigenvalue weighted by Crippen LogP contribution is 2.21. The van der Waals surface area contributed by atoms with Crippen LogP contribution in [0.3, 0.4) is 0 Å². The first-order valence-corrected chi connectivity index (χ1v) is 9.74. The molecule has 0 unspecified atom stereocenters. The molecule has 160 valence electrons. The lowest BCUT2D eigenvalue weighted by Crippen LogP contribution is -2.48. The van der Waals surface area contributed by atoms with E-state index in [1.807, 2.05) is 0 Å². The molecule has 1 aliphatic heterocycles. The van der Waals surface area contributed by atoms with Crippen molar-refractivity contribution in [3.8, 4) is 5.75 Å². The lowest BCUT2D eigenvalue weighted by atomic mass is 10.1. The van der Waals surface area contributed by atoms with Gasteiger partial charge in [0.2, 0.25) is 5.91 Å². The van der Waals surface area contributed by atoms with Crippen LogP contribution in [0.5, 0.6) is 5.75 Å². The molecule has 1 heterocycles. The minimum absolute atomic E-state index is 0.110. The number of amides is 1. The van der Waals surface area contributed by atoms with Gasteiger partial charge in [-0.15, -0.1) is 0 Å². The summed E-state index contributed by atoms with van der Waals surface area (Å²) in [6, 6.07) is 11.1. The van der Waals surface area contributed by atoms with Crippen molar-refractivity contribution in [2.45, 2.75) is 6.54 Å². The van der Waals surface area contributed by atoms with Crippen molar-refractivity contribution in [1.29, 1.82) is 0 Å². The van der Waals surface area contributed by atoms with Crippen molar-refractivity contribution in [3.05, 3.63) is 59.4 Å². The molecular formula is C22H26FN3O4. The Labute approximate surface area is 175 Å². The van der Waals surface area contributed by atoms with Crippen LogP contribution < -0.4 is 10.1 Å². The maximum atomic E-state index is 13.6. The number of nitrogens with zero attached hydrogens (tertiary/aromatic N) is 2. The van der Waals surface area contributed by atoms with E-state index in [9.17, 15) is 14.0 Å². The number of nitrogens with one attached hydrogen (secondary N) is 1. The standard InChI is InChI=1S/C22H26FN3O4/c1-29-20-8-5-18(23)13-17(20)14-25-9-11-26(12-10-25)15-21(27)24-19-6-3-16(4-7-19)22(28)30-2/h3-8,13H,9-12,14-15H2,1-2H3,(H,24,27). The minimum Gasteiger partial charge on any atom is -0.496 e. The van der Waals surface area contributed by atoms with Gasteiger partial charge in [-0.05, 0) is 42.5 Å². The van der Waals surface area contributed by atoms with E-state index in [2.05, 4.69) is 19.9 Å². The number of ether oxygens (including phenoxy) is 2. The highest BCUT2D eigenvalue weighted by Gasteiger charge is 2.20. The summed E-state index contributed by atoms with van der Waals surface area (Å²) in [5, 5.41) is 2.84. The highest BCUT2D eigenvalue weighted by molar-refractivity contribution is 5.93. The van der Waals surface area contributed by atoms with Gasteiger partial charge >= 0.3 is 5.97 Å². The maximum absolute atomic E-state index is 13.6. The fourth-order valence-electron chi connectivity index (χ4n) is 3.43. The maximum Gasteiger partial charge on any atom is 0.337 e. The second kappa shape index (κ2) is 10.2. The molecule has 0 bridgehead atoms. The van der Waals surface area contributed by atoms with Crippen LogP contribution in [0.25, 0.3) is 0 Å². The van der Waals surface area contributed by atoms with Gasteiger partial charge in [-0.25, -0.2) is 9.18 Å². The van der Waals surface area contributed by atoms with Crippen molar-refractivity contribution < 1.29 is 23.5 Å². The average Bonchev–Trinajstić information content (AvgIpc) is 2.75. The number of benzene rings is 2. The SMILES string of the molecule is COC(=O)c1ccc(NC(=O)CN2CCN(Cc3cc(F)ccc3OC)CC2)cc1. The fraction of sp³-hybridized carbons (Fsp3) is 0.364. The number of hydrogen-bond acceptors (Lipinski definition) is 6. The fourth-order valence-corrected chi connectivity index (χ4v) is 3.43. The molecule has 1 N–H and O–H groups in total. The molecular weight excluding hydrogens is 389 g/mol. The van der Waals surface area contributed by atoms with E-state index in [4.69, 9.17) is 4.74 Å². The van der Waals surface area contributed by atoms with Crippen LogP contribution in [0.15, 0.2) is 42.5 Å². The first kappa shape index (κ1) is 21.7. The summed E-state index contributed by atoms with van der Waals surface area (Å²) in [5.74, 6) is -0.125. The molecule has 1 amide bonds. The summed E-state index contributed by atoms with van der Waals surface area (Å²) in [4.78, 5) is 28.1. The molecule has 8 heteroatoms. The average molecular weight is 415 g/mol. The molecule has 2 aromatic rings. The molecule has 0 atom stereocenters. The molecule has 0 aromatic heterocycles. The van der Waals surface area contributed by atoms with E-state index < -0.39 is 5.97 Å². The van der Waals surface area contributed by atoms with Gasteiger partial charge in [0.05, 0.1) is 26.3 Å². The normalized spacial score (nSPS) is 14.9. The van der Waals surface area contributed by atoms with Crippen molar-refractivity contribution in [1.82, 2.24) is 9.80 Å². The lowest BCUT2D eigenvalue weighted by molar-refractivity contribution is -0.117. The zero-order valence-electron chi connectivity index (χ0n) is 17.2. The van der Waals surface area contributed by atoms with Crippen molar-refractivity contribution in [3.63, 3.8) is 0 Å². The minimum atomic E-state index is -0.415. The molecule has 1 aliphatic rings. The lowest BCUT2D eigenvalue weighted by Gasteiger charge is -2.34. The summed E-state index contributed by atoms with van der Waals surface area (Å²) < 4.78 is 23.5. The molecule has 30 heavy (non-hydrogen) atoms. The van der Waals surface area contributed by atoms with Crippen LogP contribution in [-0.2, 0) is 16.1 Å². The van der Waals surface area contributed by atoms with Crippen LogP contribution in [-0.4, -0.2) is 68.6 Å². The number of carbonyl (C=O) groups is 2. The zero-order valence-corrected chi connectivity index (χ0v) is 17.2. The number of rotatable bonds is 7. The number of esters is 1. The van der Waals surface area contributed by atoms with Gasteiger partial charge in [-0.1, -0.05) is 0 Å². The molecule has 0 aliphatic carbocycles. The van der Waals surface area contributed by atoms with E-state index in [1.54, 1.807) is 37.4 Å². The number of carbonyl (C=O) groups excluding carboxylic acids is 2. The second-order valence-electron chi connectivity index (χ2n) is 7.13. The number of halogens is 1. The predicted octanol–water partition coefficient (Wildman–Crippen LogP) is 2.38. The Morgan fingerprint density at radius 3 is 2.30 bits per heavy atom. The van der Waals surface area contributed by atoms with Gasteiger partial charge in [-0.3, -0.25) is 14.6 Å². The Kier molecular flexibility index (Phi) is 7.37. The molecule has 2 aromatic carbocycles. The van der Waals surface area contributed by atoms with Crippen LogP contribution in [0.1, 0.15) is 15.9 Å². The van der Waals surface area contributed by atoms with Crippen LogP contribution in [0, 0.1) is 5.82 Å². The van der Waals surface area contributed by atoms with Gasteiger partial charge in [0, 0.05) is 44.0 Å². The van der Waals surface area contributed by atoms with Gasteiger partial charge in [0.1, 0.15) is 11.6 Å². The predicted molar refractivity (Wildman–Crippen MR) is 111 cm³/mol. The Hall–Kier alpha value is -2.97. The Bertz CT molecular complexity index is 880. The molecule has 7 nitrogen and oxygen atoms in total. The number of piperazine rings is 1. The van der Waals surface area contributed by atoms with E-state index in [1.165, 1.54) is 19.2 Å². The highest BCUT2D eigenvalue weighted by atomic mass is 19.1. The molecule has 1 saturated heterocycles. The van der Waals surface area contributed by atoms with Crippen LogP contribution >= 0.6 is 0 Å². The number of hydrogen-bond donors (Lipinski definition) is 1. The van der Waals surface area contributed by atoms with Crippen molar-refractivity contribution in [2.75, 3.05) is 52.3 Å². The van der Waals surface area contributed by atoms with Crippen molar-refractivity contribution >= 4 is 17.6 Å². The third kappa shape index (κ3) is 5.77. The van der Waals surface area contributed by atoms with Crippen LogP contribution in [0.4, 0.5) is 10.1 Å². The Morgan fingerprint density at radius 2 is 1.67 bits per heavy atom. The van der Waals surface area contributed by atoms with Gasteiger partial charge < -0.3 is 14.8 Å². The third-order valence-electron chi connectivity index (χ3n) is 5.06.